The molecule has 0 aromatic heterocycles. The van der Waals surface area contributed by atoms with Gasteiger partial charge >= 0.3 is 6.09 Å². The van der Waals surface area contributed by atoms with Crippen LogP contribution in [0.15, 0.2) is 18.2 Å². The van der Waals surface area contributed by atoms with E-state index in [1.54, 1.807) is 0 Å². The maximum absolute atomic E-state index is 11.8. The number of rotatable bonds is 4. The fourth-order valence-electron chi connectivity index (χ4n) is 3.53. The predicted molar refractivity (Wildman–Crippen MR) is 96.4 cm³/mol. The Bertz CT molecular complexity index is 575. The van der Waals surface area contributed by atoms with Gasteiger partial charge in [-0.1, -0.05) is 12.5 Å². The van der Waals surface area contributed by atoms with Crippen molar-refractivity contribution in [2.45, 2.75) is 58.0 Å². The van der Waals surface area contributed by atoms with Gasteiger partial charge in [0.2, 0.25) is 0 Å². The van der Waals surface area contributed by atoms with Gasteiger partial charge in [-0.2, -0.15) is 0 Å². The van der Waals surface area contributed by atoms with Crippen molar-refractivity contribution in [3.8, 4) is 0 Å². The molecule has 2 aliphatic rings. The van der Waals surface area contributed by atoms with Crippen molar-refractivity contribution in [1.29, 1.82) is 0 Å². The number of anilines is 1. The second kappa shape index (κ2) is 7.04. The summed E-state index contributed by atoms with van der Waals surface area (Å²) in [4.78, 5) is 14.3. The van der Waals surface area contributed by atoms with Crippen LogP contribution in [0.1, 0.15) is 57.9 Å². The Balaban J connectivity index is 1.53. The third-order valence-electron chi connectivity index (χ3n) is 4.98. The van der Waals surface area contributed by atoms with E-state index in [-0.39, 0.29) is 6.09 Å². The minimum atomic E-state index is -0.440. The van der Waals surface area contributed by atoms with Crippen molar-refractivity contribution in [2.75, 3.05) is 24.5 Å². The van der Waals surface area contributed by atoms with Crippen molar-refractivity contribution in [3.05, 3.63) is 29.8 Å². The van der Waals surface area contributed by atoms with Gasteiger partial charge in [0.05, 0.1) is 0 Å². The number of alkyl carbamates (subject to hydrolysis) is 1. The van der Waals surface area contributed by atoms with E-state index in [2.05, 4.69) is 28.4 Å². The molecule has 1 heterocycles. The van der Waals surface area contributed by atoms with E-state index in [0.717, 1.165) is 25.4 Å². The van der Waals surface area contributed by atoms with Crippen molar-refractivity contribution in [3.63, 3.8) is 0 Å². The van der Waals surface area contributed by atoms with E-state index in [1.165, 1.54) is 30.5 Å². The molecule has 1 atom stereocenters. The molecule has 0 spiro atoms. The Morgan fingerprint density at radius 3 is 2.83 bits per heavy atom. The molecule has 0 bridgehead atoms. The monoisotopic (exact) mass is 329 g/mol. The van der Waals surface area contributed by atoms with Crippen LogP contribution in [0.4, 0.5) is 10.5 Å². The Kier molecular flexibility index (Phi) is 5.02. The van der Waals surface area contributed by atoms with Gasteiger partial charge in [0.1, 0.15) is 5.60 Å². The van der Waals surface area contributed by atoms with Gasteiger partial charge in [-0.3, -0.25) is 0 Å². The van der Waals surface area contributed by atoms with E-state index in [0.29, 0.717) is 12.5 Å². The average Bonchev–Trinajstić information content (AvgIpc) is 2.91. The summed E-state index contributed by atoms with van der Waals surface area (Å²) in [6, 6.07) is 9.64. The van der Waals surface area contributed by atoms with Crippen molar-refractivity contribution in [1.82, 2.24) is 5.32 Å². The van der Waals surface area contributed by atoms with Crippen molar-refractivity contribution in [2.24, 2.45) is 5.92 Å². The molecule has 1 aliphatic heterocycles. The highest BCUT2D eigenvalue weighted by Gasteiger charge is 2.28. The SMILES string of the molecule is CC(C)(C)OC(=O)NC[C@H]1CCN(c2cc[c]cc2C2CCC2)C1. The first-order chi connectivity index (χ1) is 11.4. The minimum absolute atomic E-state index is 0.314. The Morgan fingerprint density at radius 1 is 1.38 bits per heavy atom. The van der Waals surface area contributed by atoms with E-state index >= 15 is 0 Å². The summed E-state index contributed by atoms with van der Waals surface area (Å²) >= 11 is 0. The van der Waals surface area contributed by atoms with Crippen LogP contribution in [0.25, 0.3) is 0 Å². The Morgan fingerprint density at radius 2 is 2.17 bits per heavy atom. The molecule has 1 saturated carbocycles. The molecule has 131 valence electrons. The summed E-state index contributed by atoms with van der Waals surface area (Å²) < 4.78 is 5.31. The molecule has 1 amide bonds. The van der Waals surface area contributed by atoms with Crippen LogP contribution >= 0.6 is 0 Å². The van der Waals surface area contributed by atoms with Crippen LogP contribution in [-0.4, -0.2) is 31.3 Å². The predicted octanol–water partition coefficient (Wildman–Crippen LogP) is 4.11. The summed E-state index contributed by atoms with van der Waals surface area (Å²) in [7, 11) is 0. The zero-order valence-electron chi connectivity index (χ0n) is 15.1. The van der Waals surface area contributed by atoms with Crippen LogP contribution in [0, 0.1) is 12.0 Å². The zero-order chi connectivity index (χ0) is 17.2. The molecule has 1 N–H and O–H groups in total. The van der Waals surface area contributed by atoms with Crippen LogP contribution in [-0.2, 0) is 4.74 Å². The normalized spacial score (nSPS) is 21.5. The highest BCUT2D eigenvalue weighted by Crippen LogP contribution is 2.41. The maximum Gasteiger partial charge on any atom is 0.407 e. The fraction of sp³-hybridized carbons (Fsp3) is 0.650. The van der Waals surface area contributed by atoms with E-state index in [9.17, 15) is 4.79 Å². The number of hydrogen-bond acceptors (Lipinski definition) is 3. The van der Waals surface area contributed by atoms with Crippen LogP contribution in [0.3, 0.4) is 0 Å². The average molecular weight is 329 g/mol. The van der Waals surface area contributed by atoms with Gasteiger partial charge in [-0.05, 0) is 75.6 Å². The van der Waals surface area contributed by atoms with Gasteiger partial charge in [-0.15, -0.1) is 0 Å². The van der Waals surface area contributed by atoms with Crippen molar-refractivity contribution < 1.29 is 9.53 Å². The molecule has 4 heteroatoms. The first kappa shape index (κ1) is 17.1. The molecule has 2 fully saturated rings. The summed E-state index contributed by atoms with van der Waals surface area (Å²) in [5.41, 5.74) is 2.40. The summed E-state index contributed by atoms with van der Waals surface area (Å²) in [5.74, 6) is 1.20. The number of ether oxygens (including phenoxy) is 1. The molecule has 1 radical (unpaired) electrons. The molecule has 1 aliphatic carbocycles. The van der Waals surface area contributed by atoms with E-state index in [1.807, 2.05) is 26.8 Å². The van der Waals surface area contributed by atoms with Gasteiger partial charge < -0.3 is 15.0 Å². The maximum atomic E-state index is 11.8. The lowest BCUT2D eigenvalue weighted by atomic mass is 9.79. The largest absolute Gasteiger partial charge is 0.444 e. The van der Waals surface area contributed by atoms with E-state index in [4.69, 9.17) is 4.74 Å². The molecule has 4 nitrogen and oxygen atoms in total. The Labute approximate surface area is 145 Å². The lowest BCUT2D eigenvalue weighted by molar-refractivity contribution is 0.0520. The molecular formula is C20H29N2O2. The van der Waals surface area contributed by atoms with Crippen LogP contribution in [0.5, 0.6) is 0 Å². The number of nitrogens with zero attached hydrogens (tertiary/aromatic N) is 1. The topological polar surface area (TPSA) is 41.6 Å². The second-order valence-corrected chi connectivity index (χ2v) is 8.10. The first-order valence-electron chi connectivity index (χ1n) is 9.14. The number of carbonyl (C=O) groups is 1. The number of benzene rings is 1. The molecule has 1 aromatic carbocycles. The van der Waals surface area contributed by atoms with Crippen molar-refractivity contribution >= 4 is 11.8 Å². The molecule has 3 rings (SSSR count). The molecule has 1 aromatic rings. The molecule has 24 heavy (non-hydrogen) atoms. The second-order valence-electron chi connectivity index (χ2n) is 8.10. The zero-order valence-corrected chi connectivity index (χ0v) is 15.1. The van der Waals surface area contributed by atoms with Gasteiger partial charge in [-0.25, -0.2) is 4.79 Å². The minimum Gasteiger partial charge on any atom is -0.444 e. The summed E-state index contributed by atoms with van der Waals surface area (Å²) in [6.45, 7) is 8.40. The van der Waals surface area contributed by atoms with E-state index < -0.39 is 5.60 Å². The van der Waals surface area contributed by atoms with Gasteiger partial charge in [0, 0.05) is 25.3 Å². The number of amides is 1. The smallest absolute Gasteiger partial charge is 0.407 e. The van der Waals surface area contributed by atoms with Gasteiger partial charge in [0.15, 0.2) is 0 Å². The standard InChI is InChI=1S/C20H29N2O2/c1-20(2,3)24-19(23)21-13-15-11-12-22(14-15)18-10-5-4-9-17(18)16-7-6-8-16/h5,9-10,15-16H,6-8,11-14H2,1-3H3,(H,21,23)/t15-/m1/s1. The lowest BCUT2D eigenvalue weighted by Gasteiger charge is -2.31. The quantitative estimate of drug-likeness (QED) is 0.904. The molecule has 1 saturated heterocycles. The summed E-state index contributed by atoms with van der Waals surface area (Å²) in [6.07, 6.45) is 4.76. The van der Waals surface area contributed by atoms with Gasteiger partial charge in [0.25, 0.3) is 0 Å². The highest BCUT2D eigenvalue weighted by atomic mass is 16.6. The molecular weight excluding hydrogens is 300 g/mol. The summed E-state index contributed by atoms with van der Waals surface area (Å²) in [5, 5.41) is 2.92. The van der Waals surface area contributed by atoms with Crippen LogP contribution < -0.4 is 10.2 Å². The highest BCUT2D eigenvalue weighted by molar-refractivity contribution is 5.67. The number of nitrogens with one attached hydrogen (secondary N) is 1. The number of hydrogen-bond donors (Lipinski definition) is 1. The first-order valence-corrected chi connectivity index (χ1v) is 9.14. The Hall–Kier alpha value is -1.71. The number of carbonyl (C=O) groups excluding carboxylic acids is 1. The fourth-order valence-corrected chi connectivity index (χ4v) is 3.53. The third kappa shape index (κ3) is 4.22. The third-order valence-corrected chi connectivity index (χ3v) is 4.98. The molecule has 0 unspecified atom stereocenters. The lowest BCUT2D eigenvalue weighted by Crippen LogP contribution is -2.36. The van der Waals surface area contributed by atoms with Crippen LogP contribution in [0.2, 0.25) is 0 Å².